The molecule has 0 aromatic heterocycles. The lowest BCUT2D eigenvalue weighted by Crippen LogP contribution is -2.53. The lowest BCUT2D eigenvalue weighted by molar-refractivity contribution is -0.119. The summed E-state index contributed by atoms with van der Waals surface area (Å²) in [6.07, 6.45) is 6.84. The molecule has 1 aliphatic carbocycles. The molecule has 0 spiro atoms. The number of nitrogens with one attached hydrogen (secondary N) is 2. The van der Waals surface area contributed by atoms with Crippen molar-refractivity contribution in [1.29, 1.82) is 0 Å². The van der Waals surface area contributed by atoms with Gasteiger partial charge in [-0.1, -0.05) is 12.8 Å². The molecule has 0 bridgehead atoms. The van der Waals surface area contributed by atoms with E-state index >= 15 is 0 Å². The molecule has 114 valence electrons. The van der Waals surface area contributed by atoms with Crippen molar-refractivity contribution >= 4 is 11.6 Å². The predicted octanol–water partition coefficient (Wildman–Crippen LogP) is 2.78. The average molecular weight is 292 g/mol. The van der Waals surface area contributed by atoms with Crippen LogP contribution in [0, 0.1) is 11.7 Å². The van der Waals surface area contributed by atoms with Gasteiger partial charge in [0, 0.05) is 17.8 Å². The van der Waals surface area contributed by atoms with Gasteiger partial charge in [-0.25, -0.2) is 4.39 Å². The number of carbonyl (C=O) groups is 1. The molecule has 1 aromatic carbocycles. The molecule has 2 aliphatic rings. The number of phenolic OH excluding ortho intramolecular Hbond substituents is 1. The fourth-order valence-electron chi connectivity index (χ4n) is 3.52. The van der Waals surface area contributed by atoms with E-state index in [1.165, 1.54) is 31.4 Å². The molecule has 21 heavy (non-hydrogen) atoms. The molecule has 1 heterocycles. The van der Waals surface area contributed by atoms with Crippen LogP contribution in [-0.4, -0.2) is 23.1 Å². The molecule has 1 saturated carbocycles. The second-order valence-electron chi connectivity index (χ2n) is 6.10. The molecule has 3 rings (SSSR count). The van der Waals surface area contributed by atoms with Gasteiger partial charge in [0.05, 0.1) is 6.04 Å². The number of anilines is 1. The van der Waals surface area contributed by atoms with Gasteiger partial charge in [0.15, 0.2) is 11.6 Å². The smallest absolute Gasteiger partial charge is 0.241 e. The Labute approximate surface area is 123 Å². The Balaban J connectivity index is 1.61. The lowest BCUT2D eigenvalue weighted by atomic mass is 9.77. The third-order valence-electron chi connectivity index (χ3n) is 4.68. The first-order valence-corrected chi connectivity index (χ1v) is 7.69. The Kier molecular flexibility index (Phi) is 4.10. The maximum atomic E-state index is 13.3. The minimum Gasteiger partial charge on any atom is -0.505 e. The first-order valence-electron chi connectivity index (χ1n) is 7.69. The highest BCUT2D eigenvalue weighted by Crippen LogP contribution is 2.32. The summed E-state index contributed by atoms with van der Waals surface area (Å²) in [6.45, 7) is 0. The summed E-state index contributed by atoms with van der Waals surface area (Å²) in [5.41, 5.74) is 0.378. The number of phenols is 1. The first-order chi connectivity index (χ1) is 10.1. The highest BCUT2D eigenvalue weighted by molar-refractivity contribution is 5.95. The number of hydrogen-bond donors (Lipinski definition) is 3. The van der Waals surface area contributed by atoms with Crippen LogP contribution in [0.1, 0.15) is 38.5 Å². The number of fused-ring (bicyclic) bond motifs is 1. The summed E-state index contributed by atoms with van der Waals surface area (Å²) < 4.78 is 13.3. The second kappa shape index (κ2) is 6.02. The Morgan fingerprint density at radius 3 is 2.86 bits per heavy atom. The van der Waals surface area contributed by atoms with Crippen molar-refractivity contribution in [3.8, 4) is 5.75 Å². The normalized spacial score (nSPS) is 28.7. The number of piperidine rings is 1. The summed E-state index contributed by atoms with van der Waals surface area (Å²) in [5, 5.41) is 15.3. The zero-order chi connectivity index (χ0) is 14.8. The Morgan fingerprint density at radius 1 is 1.24 bits per heavy atom. The number of aromatic hydroxyl groups is 1. The van der Waals surface area contributed by atoms with Crippen molar-refractivity contribution in [3.05, 3.63) is 24.0 Å². The van der Waals surface area contributed by atoms with Gasteiger partial charge in [-0.15, -0.1) is 0 Å². The number of rotatable bonds is 2. The molecule has 1 aliphatic heterocycles. The van der Waals surface area contributed by atoms with Crippen LogP contribution >= 0.6 is 0 Å². The monoisotopic (exact) mass is 292 g/mol. The number of carbonyl (C=O) groups excluding carboxylic acids is 1. The van der Waals surface area contributed by atoms with Gasteiger partial charge >= 0.3 is 0 Å². The minimum absolute atomic E-state index is 0.121. The fraction of sp³-hybridized carbons (Fsp3) is 0.562. The largest absolute Gasteiger partial charge is 0.505 e. The van der Waals surface area contributed by atoms with Crippen LogP contribution in [0.25, 0.3) is 0 Å². The molecule has 0 radical (unpaired) electrons. The van der Waals surface area contributed by atoms with E-state index in [1.54, 1.807) is 0 Å². The standard InChI is InChI=1S/C16H21FN2O2/c17-12-9-11(6-8-15(12)20)18-16(21)14-7-5-10-3-1-2-4-13(10)19-14/h6,8-10,13-14,19-20H,1-5,7H2,(H,18,21). The van der Waals surface area contributed by atoms with Crippen molar-refractivity contribution in [2.45, 2.75) is 50.6 Å². The highest BCUT2D eigenvalue weighted by Gasteiger charge is 2.34. The van der Waals surface area contributed by atoms with E-state index in [0.717, 1.165) is 25.3 Å². The second-order valence-corrected chi connectivity index (χ2v) is 6.10. The minimum atomic E-state index is -0.725. The topological polar surface area (TPSA) is 61.4 Å². The molecule has 3 N–H and O–H groups in total. The van der Waals surface area contributed by atoms with Crippen LogP contribution in [0.3, 0.4) is 0 Å². The molecule has 3 unspecified atom stereocenters. The lowest BCUT2D eigenvalue weighted by Gasteiger charge is -2.39. The van der Waals surface area contributed by atoms with Gasteiger partial charge in [0.2, 0.25) is 5.91 Å². The molecule has 5 heteroatoms. The third kappa shape index (κ3) is 3.18. The van der Waals surface area contributed by atoms with Crippen LogP contribution in [0.5, 0.6) is 5.75 Å². The molecular formula is C16H21FN2O2. The molecule has 3 atom stereocenters. The molecule has 1 amide bonds. The summed E-state index contributed by atoms with van der Waals surface area (Å²) in [6, 6.07) is 4.12. The van der Waals surface area contributed by atoms with E-state index < -0.39 is 11.6 Å². The predicted molar refractivity (Wildman–Crippen MR) is 78.6 cm³/mol. The van der Waals surface area contributed by atoms with E-state index in [-0.39, 0.29) is 11.9 Å². The van der Waals surface area contributed by atoms with E-state index in [0.29, 0.717) is 17.6 Å². The summed E-state index contributed by atoms with van der Waals surface area (Å²) in [7, 11) is 0. The van der Waals surface area contributed by atoms with Crippen molar-refractivity contribution in [1.82, 2.24) is 5.32 Å². The summed E-state index contributed by atoms with van der Waals surface area (Å²) in [4.78, 5) is 12.3. The quantitative estimate of drug-likeness (QED) is 0.735. The zero-order valence-corrected chi connectivity index (χ0v) is 11.9. The van der Waals surface area contributed by atoms with Crippen LogP contribution in [0.15, 0.2) is 18.2 Å². The van der Waals surface area contributed by atoms with Gasteiger partial charge in [0.25, 0.3) is 0 Å². The Bertz CT molecular complexity index is 535. The molecule has 1 saturated heterocycles. The van der Waals surface area contributed by atoms with Crippen LogP contribution in [-0.2, 0) is 4.79 Å². The van der Waals surface area contributed by atoms with E-state index in [4.69, 9.17) is 5.11 Å². The number of hydrogen-bond acceptors (Lipinski definition) is 3. The van der Waals surface area contributed by atoms with Gasteiger partial charge in [-0.3, -0.25) is 4.79 Å². The Morgan fingerprint density at radius 2 is 2.05 bits per heavy atom. The summed E-state index contributed by atoms with van der Waals surface area (Å²) in [5.74, 6) is -0.552. The highest BCUT2D eigenvalue weighted by atomic mass is 19.1. The maximum absolute atomic E-state index is 13.3. The molecular weight excluding hydrogens is 271 g/mol. The van der Waals surface area contributed by atoms with Gasteiger partial charge < -0.3 is 15.7 Å². The van der Waals surface area contributed by atoms with Crippen molar-refractivity contribution in [3.63, 3.8) is 0 Å². The number of halogens is 1. The van der Waals surface area contributed by atoms with Crippen LogP contribution < -0.4 is 10.6 Å². The van der Waals surface area contributed by atoms with Crippen molar-refractivity contribution < 1.29 is 14.3 Å². The summed E-state index contributed by atoms with van der Waals surface area (Å²) >= 11 is 0. The van der Waals surface area contributed by atoms with Gasteiger partial charge in [-0.05, 0) is 43.7 Å². The number of amides is 1. The van der Waals surface area contributed by atoms with Crippen LogP contribution in [0.2, 0.25) is 0 Å². The van der Waals surface area contributed by atoms with E-state index in [1.807, 2.05) is 0 Å². The van der Waals surface area contributed by atoms with Crippen molar-refractivity contribution in [2.24, 2.45) is 5.92 Å². The van der Waals surface area contributed by atoms with Crippen molar-refractivity contribution in [2.75, 3.05) is 5.32 Å². The van der Waals surface area contributed by atoms with Gasteiger partial charge in [0.1, 0.15) is 0 Å². The zero-order valence-electron chi connectivity index (χ0n) is 11.9. The van der Waals surface area contributed by atoms with Crippen LogP contribution in [0.4, 0.5) is 10.1 Å². The molecule has 1 aromatic rings. The fourth-order valence-corrected chi connectivity index (χ4v) is 3.52. The first kappa shape index (κ1) is 14.3. The average Bonchev–Trinajstić information content (AvgIpc) is 2.50. The third-order valence-corrected chi connectivity index (χ3v) is 4.68. The Hall–Kier alpha value is -1.62. The number of benzene rings is 1. The van der Waals surface area contributed by atoms with E-state index in [9.17, 15) is 9.18 Å². The molecule has 2 fully saturated rings. The van der Waals surface area contributed by atoms with E-state index in [2.05, 4.69) is 10.6 Å². The SMILES string of the molecule is O=C(Nc1ccc(O)c(F)c1)C1CCC2CCCCC2N1. The molecule has 4 nitrogen and oxygen atoms in total. The van der Waals surface area contributed by atoms with Gasteiger partial charge in [-0.2, -0.15) is 0 Å². The maximum Gasteiger partial charge on any atom is 0.241 e.